The van der Waals surface area contributed by atoms with E-state index in [2.05, 4.69) is 46.7 Å². The average molecular weight is 293 g/mol. The van der Waals surface area contributed by atoms with Crippen molar-refractivity contribution < 1.29 is 4.79 Å². The number of anilines is 2. The molecule has 3 N–H and O–H groups in total. The lowest BCUT2D eigenvalue weighted by Gasteiger charge is -2.21. The fourth-order valence-electron chi connectivity index (χ4n) is 1.68. The lowest BCUT2D eigenvalue weighted by molar-refractivity contribution is -0.122. The summed E-state index contributed by atoms with van der Waals surface area (Å²) in [6, 6.07) is 1.55. The van der Waals surface area contributed by atoms with Gasteiger partial charge in [0.05, 0.1) is 0 Å². The van der Waals surface area contributed by atoms with Crippen LogP contribution in [0, 0.1) is 0 Å². The van der Waals surface area contributed by atoms with Gasteiger partial charge in [-0.05, 0) is 20.8 Å². The minimum absolute atomic E-state index is 0.0491. The number of amides is 1. The van der Waals surface area contributed by atoms with Gasteiger partial charge in [-0.1, -0.05) is 20.8 Å². The third-order valence-electron chi connectivity index (χ3n) is 2.84. The summed E-state index contributed by atoms with van der Waals surface area (Å²) in [5.74, 6) is 2.06. The van der Waals surface area contributed by atoms with Crippen molar-refractivity contribution in [2.45, 2.75) is 59.0 Å². The Balaban J connectivity index is 2.95. The fraction of sp³-hybridized carbons (Fsp3) is 0.667. The predicted molar refractivity (Wildman–Crippen MR) is 86.6 cm³/mol. The summed E-state index contributed by atoms with van der Waals surface area (Å²) in [5, 5.41) is 9.03. The van der Waals surface area contributed by atoms with E-state index in [4.69, 9.17) is 0 Å². The third kappa shape index (κ3) is 5.21. The van der Waals surface area contributed by atoms with E-state index in [0.29, 0.717) is 5.82 Å². The number of carbonyl (C=O) groups excluding carboxylic acids is 1. The fourth-order valence-corrected chi connectivity index (χ4v) is 1.68. The Hall–Kier alpha value is -1.85. The Labute approximate surface area is 127 Å². The van der Waals surface area contributed by atoms with Crippen LogP contribution in [0.15, 0.2) is 6.07 Å². The van der Waals surface area contributed by atoms with E-state index in [0.717, 1.165) is 11.6 Å². The number of carbonyl (C=O) groups is 1. The Morgan fingerprint density at radius 1 is 1.14 bits per heavy atom. The summed E-state index contributed by atoms with van der Waals surface area (Å²) in [5.41, 5.74) is -0.160. The van der Waals surface area contributed by atoms with Gasteiger partial charge in [-0.2, -0.15) is 0 Å². The molecule has 0 bridgehead atoms. The highest BCUT2D eigenvalue weighted by Gasteiger charge is 2.20. The van der Waals surface area contributed by atoms with E-state index >= 15 is 0 Å². The summed E-state index contributed by atoms with van der Waals surface area (Å²) in [6.45, 7) is 11.9. The third-order valence-corrected chi connectivity index (χ3v) is 2.84. The van der Waals surface area contributed by atoms with Gasteiger partial charge in [0.1, 0.15) is 23.5 Å². The first-order valence-electron chi connectivity index (χ1n) is 7.27. The first-order chi connectivity index (χ1) is 9.63. The molecule has 1 rings (SSSR count). The number of nitrogens with zero attached hydrogens (tertiary/aromatic N) is 2. The monoisotopic (exact) mass is 293 g/mol. The second-order valence-corrected chi connectivity index (χ2v) is 6.49. The van der Waals surface area contributed by atoms with Crippen LogP contribution >= 0.6 is 0 Å². The van der Waals surface area contributed by atoms with Crippen LogP contribution in [0.5, 0.6) is 0 Å². The molecule has 1 heterocycles. The highest BCUT2D eigenvalue weighted by molar-refractivity contribution is 5.84. The highest BCUT2D eigenvalue weighted by Crippen LogP contribution is 2.22. The van der Waals surface area contributed by atoms with Crippen LogP contribution < -0.4 is 16.0 Å². The van der Waals surface area contributed by atoms with Gasteiger partial charge in [0.2, 0.25) is 5.91 Å². The molecule has 1 aromatic rings. The van der Waals surface area contributed by atoms with Gasteiger partial charge in [0.15, 0.2) is 0 Å². The number of aromatic nitrogens is 2. The maximum absolute atomic E-state index is 12.0. The molecule has 0 radical (unpaired) electrons. The lowest BCUT2D eigenvalue weighted by atomic mass is 9.96. The molecule has 0 spiro atoms. The van der Waals surface area contributed by atoms with Crippen molar-refractivity contribution in [3.05, 3.63) is 11.9 Å². The van der Waals surface area contributed by atoms with Crippen LogP contribution in [-0.4, -0.2) is 35.0 Å². The SMILES string of the molecule is CNc1cc(NC(C)C(=O)NC(C)C)nc(C(C)(C)C)n1. The maximum Gasteiger partial charge on any atom is 0.242 e. The molecule has 0 fully saturated rings. The highest BCUT2D eigenvalue weighted by atomic mass is 16.2. The second kappa shape index (κ2) is 6.74. The minimum Gasteiger partial charge on any atom is -0.373 e. The summed E-state index contributed by atoms with van der Waals surface area (Å²) in [7, 11) is 1.81. The molecule has 118 valence electrons. The van der Waals surface area contributed by atoms with Crippen molar-refractivity contribution in [1.29, 1.82) is 0 Å². The number of hydrogen-bond donors (Lipinski definition) is 3. The molecule has 0 aliphatic rings. The summed E-state index contributed by atoms with van der Waals surface area (Å²) < 4.78 is 0. The van der Waals surface area contributed by atoms with Crippen LogP contribution in [0.1, 0.15) is 47.4 Å². The molecule has 1 amide bonds. The van der Waals surface area contributed by atoms with E-state index in [1.54, 1.807) is 6.07 Å². The zero-order chi connectivity index (χ0) is 16.2. The Kier molecular flexibility index (Phi) is 5.52. The smallest absolute Gasteiger partial charge is 0.242 e. The zero-order valence-corrected chi connectivity index (χ0v) is 14.0. The van der Waals surface area contributed by atoms with Gasteiger partial charge in [0, 0.05) is 24.6 Å². The molecule has 0 aromatic carbocycles. The van der Waals surface area contributed by atoms with Gasteiger partial charge < -0.3 is 16.0 Å². The zero-order valence-electron chi connectivity index (χ0n) is 14.0. The van der Waals surface area contributed by atoms with E-state index in [1.165, 1.54) is 0 Å². The topological polar surface area (TPSA) is 78.9 Å². The largest absolute Gasteiger partial charge is 0.373 e. The van der Waals surface area contributed by atoms with E-state index in [9.17, 15) is 4.79 Å². The molecule has 6 nitrogen and oxygen atoms in total. The molecular weight excluding hydrogens is 266 g/mol. The number of nitrogens with one attached hydrogen (secondary N) is 3. The minimum atomic E-state index is -0.361. The quantitative estimate of drug-likeness (QED) is 0.775. The molecule has 0 aliphatic carbocycles. The number of rotatable bonds is 5. The van der Waals surface area contributed by atoms with Gasteiger partial charge in [0.25, 0.3) is 0 Å². The van der Waals surface area contributed by atoms with Crippen LogP contribution in [0.4, 0.5) is 11.6 Å². The summed E-state index contributed by atoms with van der Waals surface area (Å²) in [6.07, 6.45) is 0. The first kappa shape index (κ1) is 17.2. The van der Waals surface area contributed by atoms with Crippen molar-refractivity contribution >= 4 is 17.5 Å². The summed E-state index contributed by atoms with van der Waals surface area (Å²) >= 11 is 0. The predicted octanol–water partition coefficient (Wildman–Crippen LogP) is 2.14. The summed E-state index contributed by atoms with van der Waals surface area (Å²) in [4.78, 5) is 20.9. The van der Waals surface area contributed by atoms with Gasteiger partial charge in [-0.15, -0.1) is 0 Å². The van der Waals surface area contributed by atoms with Crippen molar-refractivity contribution in [2.24, 2.45) is 0 Å². The van der Waals surface area contributed by atoms with Crippen molar-refractivity contribution in [1.82, 2.24) is 15.3 Å². The molecule has 1 aromatic heterocycles. The van der Waals surface area contributed by atoms with Crippen LogP contribution in [0.2, 0.25) is 0 Å². The van der Waals surface area contributed by atoms with Crippen molar-refractivity contribution in [3.63, 3.8) is 0 Å². The Bertz CT molecular complexity index is 493. The molecule has 0 aliphatic heterocycles. The van der Waals surface area contributed by atoms with Gasteiger partial charge >= 0.3 is 0 Å². The molecular formula is C15H27N5O. The second-order valence-electron chi connectivity index (χ2n) is 6.49. The van der Waals surface area contributed by atoms with Gasteiger partial charge in [-0.3, -0.25) is 4.79 Å². The molecule has 0 saturated carbocycles. The maximum atomic E-state index is 12.0. The first-order valence-corrected chi connectivity index (χ1v) is 7.27. The van der Waals surface area contributed by atoms with Crippen molar-refractivity contribution in [3.8, 4) is 0 Å². The lowest BCUT2D eigenvalue weighted by Crippen LogP contribution is -2.41. The van der Waals surface area contributed by atoms with E-state index < -0.39 is 0 Å². The molecule has 1 atom stereocenters. The van der Waals surface area contributed by atoms with E-state index in [1.807, 2.05) is 27.8 Å². The Morgan fingerprint density at radius 3 is 2.19 bits per heavy atom. The van der Waals surface area contributed by atoms with Crippen LogP contribution in [-0.2, 0) is 10.2 Å². The number of hydrogen-bond acceptors (Lipinski definition) is 5. The molecule has 6 heteroatoms. The molecule has 1 unspecified atom stereocenters. The average Bonchev–Trinajstić information content (AvgIpc) is 2.36. The van der Waals surface area contributed by atoms with Crippen molar-refractivity contribution in [2.75, 3.05) is 17.7 Å². The molecule has 21 heavy (non-hydrogen) atoms. The van der Waals surface area contributed by atoms with Gasteiger partial charge in [-0.25, -0.2) is 9.97 Å². The molecule has 0 saturated heterocycles. The standard InChI is InChI=1S/C15H27N5O/c1-9(2)17-13(21)10(3)18-12-8-11(16-7)19-14(20-12)15(4,5)6/h8-10H,1-7H3,(H,17,21)(H2,16,18,19,20). The normalized spacial score (nSPS) is 13.0. The van der Waals surface area contributed by atoms with E-state index in [-0.39, 0.29) is 23.4 Å². The Morgan fingerprint density at radius 2 is 1.71 bits per heavy atom. The van der Waals surface area contributed by atoms with Crippen LogP contribution in [0.25, 0.3) is 0 Å². The van der Waals surface area contributed by atoms with Crippen LogP contribution in [0.3, 0.4) is 0 Å².